The lowest BCUT2D eigenvalue weighted by Gasteiger charge is -2.29. The fourth-order valence-electron chi connectivity index (χ4n) is 3.22. The SMILES string of the molecule is N#Cc1c(N)cc(Nc2ccc(N3CCNCC3)cc2)nc1Oc1ccccc1. The summed E-state index contributed by atoms with van der Waals surface area (Å²) >= 11 is 0. The van der Waals surface area contributed by atoms with Gasteiger partial charge in [0.05, 0.1) is 5.69 Å². The highest BCUT2D eigenvalue weighted by molar-refractivity contribution is 5.68. The summed E-state index contributed by atoms with van der Waals surface area (Å²) in [4.78, 5) is 6.80. The Morgan fingerprint density at radius 1 is 1.07 bits per heavy atom. The number of hydrogen-bond acceptors (Lipinski definition) is 7. The number of hydrogen-bond donors (Lipinski definition) is 3. The Kier molecular flexibility index (Phi) is 5.45. The van der Waals surface area contributed by atoms with Gasteiger partial charge in [-0.2, -0.15) is 10.2 Å². The van der Waals surface area contributed by atoms with Crippen LogP contribution in [0, 0.1) is 11.3 Å². The summed E-state index contributed by atoms with van der Waals surface area (Å²) in [6.07, 6.45) is 0. The van der Waals surface area contributed by atoms with Crippen molar-refractivity contribution in [3.05, 3.63) is 66.2 Å². The van der Waals surface area contributed by atoms with Crippen molar-refractivity contribution in [1.29, 1.82) is 5.26 Å². The number of aromatic nitrogens is 1. The highest BCUT2D eigenvalue weighted by Gasteiger charge is 2.14. The van der Waals surface area contributed by atoms with E-state index in [4.69, 9.17) is 10.5 Å². The van der Waals surface area contributed by atoms with Crippen molar-refractivity contribution >= 4 is 22.9 Å². The molecule has 1 aromatic heterocycles. The molecule has 2 heterocycles. The summed E-state index contributed by atoms with van der Waals surface area (Å²) in [5, 5.41) is 16.0. The summed E-state index contributed by atoms with van der Waals surface area (Å²) in [5.74, 6) is 1.29. The van der Waals surface area contributed by atoms with E-state index in [0.717, 1.165) is 31.9 Å². The predicted molar refractivity (Wildman–Crippen MR) is 115 cm³/mol. The van der Waals surface area contributed by atoms with E-state index in [1.54, 1.807) is 18.2 Å². The number of nitrogens with two attached hydrogens (primary N) is 1. The topological polar surface area (TPSA) is 99.2 Å². The van der Waals surface area contributed by atoms with E-state index in [2.05, 4.69) is 38.7 Å². The minimum atomic E-state index is 0.179. The average Bonchev–Trinajstić information content (AvgIpc) is 2.76. The molecule has 1 aliphatic rings. The van der Waals surface area contributed by atoms with Crippen molar-refractivity contribution < 1.29 is 4.74 Å². The summed E-state index contributed by atoms with van der Waals surface area (Å²) in [6.45, 7) is 4.00. The first-order valence-electron chi connectivity index (χ1n) is 9.49. The number of nitrogens with zero attached hydrogens (tertiary/aromatic N) is 3. The molecule has 0 bridgehead atoms. The van der Waals surface area contributed by atoms with E-state index >= 15 is 0 Å². The molecule has 146 valence electrons. The van der Waals surface area contributed by atoms with Crippen LogP contribution in [0.4, 0.5) is 22.9 Å². The van der Waals surface area contributed by atoms with Gasteiger partial charge in [0, 0.05) is 43.6 Å². The molecular formula is C22H22N6O. The second-order valence-corrected chi connectivity index (χ2v) is 6.71. The van der Waals surface area contributed by atoms with Gasteiger partial charge in [-0.3, -0.25) is 0 Å². The average molecular weight is 386 g/mol. The molecule has 7 heteroatoms. The van der Waals surface area contributed by atoms with E-state index in [-0.39, 0.29) is 11.4 Å². The van der Waals surface area contributed by atoms with Crippen molar-refractivity contribution in [3.8, 4) is 17.7 Å². The van der Waals surface area contributed by atoms with Crippen LogP contribution < -0.4 is 26.0 Å². The molecule has 0 radical (unpaired) electrons. The lowest BCUT2D eigenvalue weighted by molar-refractivity contribution is 0.462. The molecule has 0 atom stereocenters. The highest BCUT2D eigenvalue weighted by atomic mass is 16.5. The van der Waals surface area contributed by atoms with Crippen LogP contribution in [0.3, 0.4) is 0 Å². The zero-order valence-electron chi connectivity index (χ0n) is 15.9. The zero-order chi connectivity index (χ0) is 20.1. The molecule has 0 unspecified atom stereocenters. The van der Waals surface area contributed by atoms with Gasteiger partial charge in [-0.25, -0.2) is 0 Å². The minimum absolute atomic E-state index is 0.179. The molecule has 7 nitrogen and oxygen atoms in total. The number of pyridine rings is 1. The van der Waals surface area contributed by atoms with Crippen LogP contribution >= 0.6 is 0 Å². The molecule has 2 aromatic carbocycles. The molecular weight excluding hydrogens is 364 g/mol. The smallest absolute Gasteiger partial charge is 0.241 e. The molecule has 0 amide bonds. The van der Waals surface area contributed by atoms with E-state index in [1.165, 1.54) is 5.69 Å². The Balaban J connectivity index is 1.54. The molecule has 0 aliphatic carbocycles. The van der Waals surface area contributed by atoms with Gasteiger partial charge < -0.3 is 26.0 Å². The molecule has 3 aromatic rings. The number of piperazine rings is 1. The maximum atomic E-state index is 9.43. The summed E-state index contributed by atoms with van der Waals surface area (Å²) in [7, 11) is 0. The summed E-state index contributed by atoms with van der Waals surface area (Å²) in [5.41, 5.74) is 8.67. The van der Waals surface area contributed by atoms with Crippen molar-refractivity contribution in [2.45, 2.75) is 0 Å². The van der Waals surface area contributed by atoms with Gasteiger partial charge in [-0.05, 0) is 36.4 Å². The van der Waals surface area contributed by atoms with Gasteiger partial charge in [-0.15, -0.1) is 0 Å². The Labute approximate surface area is 169 Å². The Morgan fingerprint density at radius 2 is 1.79 bits per heavy atom. The molecule has 4 rings (SSSR count). The Hall–Kier alpha value is -3.76. The fraction of sp³-hybridized carbons (Fsp3) is 0.182. The second kappa shape index (κ2) is 8.50. The first-order chi connectivity index (χ1) is 14.2. The van der Waals surface area contributed by atoms with Crippen molar-refractivity contribution in [1.82, 2.24) is 10.3 Å². The Bertz CT molecular complexity index is 1010. The number of anilines is 4. The third kappa shape index (κ3) is 4.39. The summed E-state index contributed by atoms with van der Waals surface area (Å²) in [6, 6.07) is 21.1. The van der Waals surface area contributed by atoms with Crippen molar-refractivity contribution in [2.75, 3.05) is 42.1 Å². The fourth-order valence-corrected chi connectivity index (χ4v) is 3.22. The van der Waals surface area contributed by atoms with Crippen LogP contribution in [0.1, 0.15) is 5.56 Å². The van der Waals surface area contributed by atoms with Gasteiger partial charge in [0.1, 0.15) is 23.2 Å². The van der Waals surface area contributed by atoms with Gasteiger partial charge in [-0.1, -0.05) is 18.2 Å². The number of ether oxygens (including phenoxy) is 1. The molecule has 0 spiro atoms. The maximum absolute atomic E-state index is 9.43. The number of benzene rings is 2. The molecule has 0 saturated carbocycles. The number of para-hydroxylation sites is 1. The van der Waals surface area contributed by atoms with Crippen LogP contribution in [-0.4, -0.2) is 31.2 Å². The van der Waals surface area contributed by atoms with Crippen LogP contribution in [0.5, 0.6) is 11.6 Å². The molecule has 1 aliphatic heterocycles. The summed E-state index contributed by atoms with van der Waals surface area (Å²) < 4.78 is 5.79. The molecule has 1 fully saturated rings. The predicted octanol–water partition coefficient (Wildman–Crippen LogP) is 3.48. The van der Waals surface area contributed by atoms with Crippen LogP contribution in [-0.2, 0) is 0 Å². The lowest BCUT2D eigenvalue weighted by Crippen LogP contribution is -2.43. The second-order valence-electron chi connectivity index (χ2n) is 6.71. The normalized spacial score (nSPS) is 13.6. The minimum Gasteiger partial charge on any atom is -0.438 e. The van der Waals surface area contributed by atoms with E-state index in [0.29, 0.717) is 17.3 Å². The van der Waals surface area contributed by atoms with Gasteiger partial charge in [0.15, 0.2) is 0 Å². The van der Waals surface area contributed by atoms with E-state index in [1.807, 2.05) is 30.3 Å². The van der Waals surface area contributed by atoms with Crippen LogP contribution in [0.25, 0.3) is 0 Å². The van der Waals surface area contributed by atoms with E-state index in [9.17, 15) is 5.26 Å². The maximum Gasteiger partial charge on any atom is 0.241 e. The largest absolute Gasteiger partial charge is 0.438 e. The number of nitrogen functional groups attached to an aromatic ring is 1. The van der Waals surface area contributed by atoms with Gasteiger partial charge in [0.2, 0.25) is 5.88 Å². The third-order valence-electron chi connectivity index (χ3n) is 4.71. The first-order valence-corrected chi connectivity index (χ1v) is 9.49. The van der Waals surface area contributed by atoms with Gasteiger partial charge in [0.25, 0.3) is 0 Å². The molecule has 4 N–H and O–H groups in total. The lowest BCUT2D eigenvalue weighted by atomic mass is 10.2. The monoisotopic (exact) mass is 386 g/mol. The number of nitrogens with one attached hydrogen (secondary N) is 2. The van der Waals surface area contributed by atoms with Gasteiger partial charge >= 0.3 is 0 Å². The first kappa shape index (κ1) is 18.6. The molecule has 29 heavy (non-hydrogen) atoms. The highest BCUT2D eigenvalue weighted by Crippen LogP contribution is 2.30. The van der Waals surface area contributed by atoms with E-state index < -0.39 is 0 Å². The standard InChI is InChI=1S/C22H22N6O/c23-15-19-20(24)14-21(27-22(19)29-18-4-2-1-3-5-18)26-16-6-8-17(9-7-16)28-12-10-25-11-13-28/h1-9,14,25H,10-13H2,(H3,24,26,27). The number of nitriles is 1. The van der Waals surface area contributed by atoms with Crippen LogP contribution in [0.2, 0.25) is 0 Å². The van der Waals surface area contributed by atoms with Crippen LogP contribution in [0.15, 0.2) is 60.7 Å². The molecule has 1 saturated heterocycles. The zero-order valence-corrected chi connectivity index (χ0v) is 15.9. The number of rotatable bonds is 5. The Morgan fingerprint density at radius 3 is 2.48 bits per heavy atom. The third-order valence-corrected chi connectivity index (χ3v) is 4.71. The van der Waals surface area contributed by atoms with Crippen molar-refractivity contribution in [3.63, 3.8) is 0 Å². The van der Waals surface area contributed by atoms with Crippen molar-refractivity contribution in [2.24, 2.45) is 0 Å². The quantitative estimate of drug-likeness (QED) is 0.617.